The van der Waals surface area contributed by atoms with E-state index in [0.29, 0.717) is 17.1 Å². The summed E-state index contributed by atoms with van der Waals surface area (Å²) in [6, 6.07) is 0. The average Bonchev–Trinajstić information content (AvgIpc) is 2.71. The van der Waals surface area contributed by atoms with Gasteiger partial charge in [0.1, 0.15) is 0 Å². The summed E-state index contributed by atoms with van der Waals surface area (Å²) in [7, 11) is 0. The molecule has 2 aromatic heterocycles. The molecular formula is C13H14N4O3. The fourth-order valence-electron chi connectivity index (χ4n) is 2.01. The molecule has 2 aromatic rings. The van der Waals surface area contributed by atoms with Gasteiger partial charge in [-0.2, -0.15) is 0 Å². The normalized spacial score (nSPS) is 10.5. The Morgan fingerprint density at radius 2 is 2.20 bits per heavy atom. The van der Waals surface area contributed by atoms with E-state index in [2.05, 4.69) is 14.9 Å². The highest BCUT2D eigenvalue weighted by molar-refractivity contribution is 5.74. The van der Waals surface area contributed by atoms with Crippen molar-refractivity contribution in [2.24, 2.45) is 0 Å². The summed E-state index contributed by atoms with van der Waals surface area (Å²) in [5, 5.41) is 2.79. The first-order valence-corrected chi connectivity index (χ1v) is 6.13. The van der Waals surface area contributed by atoms with E-state index in [4.69, 9.17) is 11.3 Å². The zero-order valence-electron chi connectivity index (χ0n) is 11.5. The van der Waals surface area contributed by atoms with Crippen LogP contribution in [0.5, 0.6) is 0 Å². The van der Waals surface area contributed by atoms with Crippen molar-refractivity contribution in [1.82, 2.24) is 14.6 Å². The van der Waals surface area contributed by atoms with E-state index < -0.39 is 5.97 Å². The number of carbonyl (C=O) groups excluding carboxylic acids is 1. The van der Waals surface area contributed by atoms with E-state index in [0.717, 1.165) is 0 Å². The predicted molar refractivity (Wildman–Crippen MR) is 71.9 cm³/mol. The summed E-state index contributed by atoms with van der Waals surface area (Å²) in [5.41, 5.74) is 1.50. The molecule has 0 amide bonds. The molecule has 0 saturated carbocycles. The van der Waals surface area contributed by atoms with Crippen molar-refractivity contribution >= 4 is 17.3 Å². The molecule has 7 heteroatoms. The fourth-order valence-corrected chi connectivity index (χ4v) is 2.01. The van der Waals surface area contributed by atoms with Crippen LogP contribution in [0.4, 0.5) is 5.69 Å². The Hall–Kier alpha value is -2.62. The third-order valence-corrected chi connectivity index (χ3v) is 2.97. The van der Waals surface area contributed by atoms with Gasteiger partial charge in [0.15, 0.2) is 5.65 Å². The van der Waals surface area contributed by atoms with Gasteiger partial charge in [-0.1, -0.05) is 0 Å². The number of aromatic amines is 1. The Bertz CT molecular complexity index is 779. The number of aromatic nitrogens is 3. The number of hydrogen-bond donors (Lipinski definition) is 1. The number of hydrogen-bond acceptors (Lipinski definition) is 4. The number of H-pyrrole nitrogens is 1. The standard InChI is InChI=1S/C13H14N4O3/c1-5-20-10(18)6-9-7(2)15-12-11(14-4)8(3)16-17(12)13(9)19/h16H,5-6H2,1-3H3. The Balaban J connectivity index is 2.62. The van der Waals surface area contributed by atoms with Gasteiger partial charge >= 0.3 is 5.97 Å². The summed E-state index contributed by atoms with van der Waals surface area (Å²) >= 11 is 0. The molecule has 2 rings (SSSR count). The first kappa shape index (κ1) is 13.8. The van der Waals surface area contributed by atoms with Crippen LogP contribution in [-0.4, -0.2) is 27.2 Å². The molecule has 104 valence electrons. The maximum Gasteiger partial charge on any atom is 0.310 e. The largest absolute Gasteiger partial charge is 0.466 e. The Kier molecular flexibility index (Phi) is 3.57. The third-order valence-electron chi connectivity index (χ3n) is 2.97. The van der Waals surface area contributed by atoms with Gasteiger partial charge in [-0.25, -0.2) is 14.3 Å². The fraction of sp³-hybridized carbons (Fsp3) is 0.385. The minimum absolute atomic E-state index is 0.125. The molecule has 0 fully saturated rings. The SMILES string of the molecule is [C-]#[N+]c1c(C)[nH]n2c(=O)c(CC(=O)OCC)c(C)nc12. The van der Waals surface area contributed by atoms with E-state index in [1.165, 1.54) is 4.52 Å². The Morgan fingerprint density at radius 3 is 2.80 bits per heavy atom. The maximum absolute atomic E-state index is 12.4. The lowest BCUT2D eigenvalue weighted by Crippen LogP contribution is -2.24. The van der Waals surface area contributed by atoms with Gasteiger partial charge in [0.05, 0.1) is 25.2 Å². The molecule has 0 aromatic carbocycles. The predicted octanol–water partition coefficient (Wildman–Crippen LogP) is 1.30. The molecule has 7 nitrogen and oxygen atoms in total. The zero-order chi connectivity index (χ0) is 14.9. The molecule has 0 aliphatic carbocycles. The topological polar surface area (TPSA) is 80.8 Å². The minimum atomic E-state index is -0.469. The van der Waals surface area contributed by atoms with E-state index in [1.54, 1.807) is 20.8 Å². The first-order valence-electron chi connectivity index (χ1n) is 6.13. The first-order chi connectivity index (χ1) is 9.49. The van der Waals surface area contributed by atoms with E-state index >= 15 is 0 Å². The van der Waals surface area contributed by atoms with Gasteiger partial charge in [0.25, 0.3) is 11.2 Å². The lowest BCUT2D eigenvalue weighted by atomic mass is 10.2. The van der Waals surface area contributed by atoms with Crippen molar-refractivity contribution in [3.05, 3.63) is 38.7 Å². The Morgan fingerprint density at radius 1 is 1.50 bits per heavy atom. The van der Waals surface area contributed by atoms with E-state index in [9.17, 15) is 9.59 Å². The number of aryl methyl sites for hydroxylation is 2. The Labute approximate surface area is 115 Å². The van der Waals surface area contributed by atoms with Crippen LogP contribution in [0.15, 0.2) is 4.79 Å². The van der Waals surface area contributed by atoms with Crippen LogP contribution in [0.1, 0.15) is 23.9 Å². The van der Waals surface area contributed by atoms with Gasteiger partial charge in [0.2, 0.25) is 0 Å². The molecule has 0 bridgehead atoms. The molecule has 1 N–H and O–H groups in total. The third kappa shape index (κ3) is 2.16. The smallest absolute Gasteiger partial charge is 0.310 e. The lowest BCUT2D eigenvalue weighted by Gasteiger charge is -2.05. The highest BCUT2D eigenvalue weighted by Crippen LogP contribution is 2.22. The number of rotatable bonds is 3. The second-order valence-corrected chi connectivity index (χ2v) is 4.32. The van der Waals surface area contributed by atoms with Crippen LogP contribution in [0, 0.1) is 20.4 Å². The van der Waals surface area contributed by atoms with Crippen molar-refractivity contribution in [3.8, 4) is 0 Å². The highest BCUT2D eigenvalue weighted by Gasteiger charge is 2.18. The molecule has 0 aliphatic rings. The molecule has 2 heterocycles. The number of nitrogens with one attached hydrogen (secondary N) is 1. The van der Waals surface area contributed by atoms with Crippen molar-refractivity contribution in [2.45, 2.75) is 27.2 Å². The van der Waals surface area contributed by atoms with Crippen LogP contribution in [-0.2, 0) is 16.0 Å². The number of esters is 1. The van der Waals surface area contributed by atoms with Crippen molar-refractivity contribution < 1.29 is 9.53 Å². The minimum Gasteiger partial charge on any atom is -0.466 e. The quantitative estimate of drug-likeness (QED) is 0.675. The van der Waals surface area contributed by atoms with Crippen LogP contribution >= 0.6 is 0 Å². The number of carbonyl (C=O) groups is 1. The van der Waals surface area contributed by atoms with Crippen LogP contribution in [0.3, 0.4) is 0 Å². The summed E-state index contributed by atoms with van der Waals surface area (Å²) in [6.45, 7) is 12.4. The number of nitrogens with zero attached hydrogens (tertiary/aromatic N) is 3. The van der Waals surface area contributed by atoms with Gasteiger partial charge in [-0.15, -0.1) is 0 Å². The second-order valence-electron chi connectivity index (χ2n) is 4.32. The van der Waals surface area contributed by atoms with Crippen LogP contribution in [0.2, 0.25) is 0 Å². The lowest BCUT2D eigenvalue weighted by molar-refractivity contribution is -0.142. The summed E-state index contributed by atoms with van der Waals surface area (Å²) in [5.74, 6) is -0.469. The molecule has 20 heavy (non-hydrogen) atoms. The zero-order valence-corrected chi connectivity index (χ0v) is 11.5. The van der Waals surface area contributed by atoms with Crippen LogP contribution in [0.25, 0.3) is 10.5 Å². The number of fused-ring (bicyclic) bond motifs is 1. The van der Waals surface area contributed by atoms with Gasteiger partial charge in [-0.3, -0.25) is 9.59 Å². The molecule has 0 radical (unpaired) electrons. The molecule has 0 spiro atoms. The molecule has 0 aliphatic heterocycles. The monoisotopic (exact) mass is 274 g/mol. The van der Waals surface area contributed by atoms with E-state index in [-0.39, 0.29) is 29.8 Å². The highest BCUT2D eigenvalue weighted by atomic mass is 16.5. The van der Waals surface area contributed by atoms with Crippen LogP contribution < -0.4 is 5.56 Å². The maximum atomic E-state index is 12.4. The molecule has 0 saturated heterocycles. The van der Waals surface area contributed by atoms with Gasteiger partial charge in [0, 0.05) is 11.4 Å². The molecule has 0 unspecified atom stereocenters. The summed E-state index contributed by atoms with van der Waals surface area (Å²) in [4.78, 5) is 31.5. The molecule has 0 atom stereocenters. The van der Waals surface area contributed by atoms with Gasteiger partial charge < -0.3 is 9.84 Å². The summed E-state index contributed by atoms with van der Waals surface area (Å²) in [6.07, 6.45) is -0.125. The van der Waals surface area contributed by atoms with E-state index in [1.807, 2.05) is 0 Å². The number of ether oxygens (including phenoxy) is 1. The van der Waals surface area contributed by atoms with Crippen molar-refractivity contribution in [1.29, 1.82) is 0 Å². The van der Waals surface area contributed by atoms with Crippen molar-refractivity contribution in [3.63, 3.8) is 0 Å². The van der Waals surface area contributed by atoms with Gasteiger partial charge in [-0.05, 0) is 20.8 Å². The summed E-state index contributed by atoms with van der Waals surface area (Å²) < 4.78 is 6.04. The second kappa shape index (κ2) is 5.17. The van der Waals surface area contributed by atoms with Crippen molar-refractivity contribution in [2.75, 3.05) is 6.61 Å². The molecular weight excluding hydrogens is 260 g/mol. The average molecular weight is 274 g/mol.